The Balaban J connectivity index is 2.13. The summed E-state index contributed by atoms with van der Waals surface area (Å²) < 4.78 is 28.8. The molecule has 0 amide bonds. The number of aromatic nitrogens is 2. The molecule has 0 atom stereocenters. The molecule has 0 aliphatic carbocycles. The van der Waals surface area contributed by atoms with E-state index in [4.69, 9.17) is 0 Å². The van der Waals surface area contributed by atoms with Crippen LogP contribution in [0.3, 0.4) is 0 Å². The molecule has 96 valence electrons. The lowest BCUT2D eigenvalue weighted by Gasteiger charge is -2.06. The van der Waals surface area contributed by atoms with Gasteiger partial charge in [0.2, 0.25) is 0 Å². The third-order valence-corrected chi connectivity index (χ3v) is 4.43. The third kappa shape index (κ3) is 2.98. The van der Waals surface area contributed by atoms with E-state index in [1.165, 1.54) is 12.5 Å². The van der Waals surface area contributed by atoms with Gasteiger partial charge in [-0.3, -0.25) is 0 Å². The minimum atomic E-state index is -3.56. The Morgan fingerprint density at radius 1 is 1.39 bits per heavy atom. The molecule has 0 radical (unpaired) electrons. The number of rotatable bonds is 4. The zero-order valence-corrected chi connectivity index (χ0v) is 12.1. The highest BCUT2D eigenvalue weighted by molar-refractivity contribution is 9.10. The number of nitrogens with zero attached hydrogens (tertiary/aromatic N) is 2. The van der Waals surface area contributed by atoms with Crippen LogP contribution in [0.25, 0.3) is 0 Å². The maximum atomic E-state index is 11.9. The van der Waals surface area contributed by atoms with Crippen LogP contribution in [0.5, 0.6) is 0 Å². The third-order valence-electron chi connectivity index (χ3n) is 2.37. The predicted molar refractivity (Wildman–Crippen MR) is 71.4 cm³/mol. The molecule has 1 aromatic carbocycles. The number of sulfonamides is 1. The molecule has 2 rings (SSSR count). The van der Waals surface area contributed by atoms with Crippen LogP contribution in [0, 0.1) is 0 Å². The van der Waals surface area contributed by atoms with Crippen molar-refractivity contribution in [3.8, 4) is 0 Å². The van der Waals surface area contributed by atoms with Crippen LogP contribution in [0.1, 0.15) is 5.56 Å². The molecule has 0 aliphatic heterocycles. The van der Waals surface area contributed by atoms with E-state index >= 15 is 0 Å². The highest BCUT2D eigenvalue weighted by Gasteiger charge is 2.16. The highest BCUT2D eigenvalue weighted by atomic mass is 79.9. The number of nitrogens with one attached hydrogen (secondary N) is 1. The molecule has 1 aromatic heterocycles. The fraction of sp³-hybridized carbons (Fsp3) is 0.182. The van der Waals surface area contributed by atoms with E-state index in [-0.39, 0.29) is 11.6 Å². The van der Waals surface area contributed by atoms with Gasteiger partial charge in [-0.1, -0.05) is 34.1 Å². The van der Waals surface area contributed by atoms with Gasteiger partial charge >= 0.3 is 0 Å². The average Bonchev–Trinajstić information content (AvgIpc) is 2.76. The van der Waals surface area contributed by atoms with E-state index in [0.717, 1.165) is 10.0 Å². The van der Waals surface area contributed by atoms with E-state index in [0.29, 0.717) is 0 Å². The minimum Gasteiger partial charge on any atom is -0.339 e. The van der Waals surface area contributed by atoms with Crippen molar-refractivity contribution in [2.75, 3.05) is 0 Å². The van der Waals surface area contributed by atoms with Crippen LogP contribution >= 0.6 is 15.9 Å². The molecular formula is C11H12BrN3O2S. The Morgan fingerprint density at radius 2 is 2.11 bits per heavy atom. The maximum absolute atomic E-state index is 11.9. The van der Waals surface area contributed by atoms with Crippen molar-refractivity contribution < 1.29 is 8.42 Å². The van der Waals surface area contributed by atoms with Crippen LogP contribution in [-0.4, -0.2) is 18.0 Å². The Kier molecular flexibility index (Phi) is 3.84. The summed E-state index contributed by atoms with van der Waals surface area (Å²) in [6.45, 7) is 0.223. The van der Waals surface area contributed by atoms with Crippen molar-refractivity contribution in [3.63, 3.8) is 0 Å². The van der Waals surface area contributed by atoms with Gasteiger partial charge < -0.3 is 4.57 Å². The second kappa shape index (κ2) is 5.21. The van der Waals surface area contributed by atoms with Gasteiger partial charge in [-0.15, -0.1) is 0 Å². The SMILES string of the molecule is Cn1cnc(S(=O)(=O)NCc2ccccc2Br)c1. The quantitative estimate of drug-likeness (QED) is 0.927. The normalized spacial score (nSPS) is 11.7. The first-order chi connectivity index (χ1) is 8.49. The molecule has 2 aromatic rings. The maximum Gasteiger partial charge on any atom is 0.259 e. The first kappa shape index (κ1) is 13.3. The lowest BCUT2D eigenvalue weighted by atomic mass is 10.2. The van der Waals surface area contributed by atoms with E-state index in [1.807, 2.05) is 24.3 Å². The first-order valence-corrected chi connectivity index (χ1v) is 7.48. The summed E-state index contributed by atoms with van der Waals surface area (Å²) in [6.07, 6.45) is 2.91. The monoisotopic (exact) mass is 329 g/mol. The standard InChI is InChI=1S/C11H12BrN3O2S/c1-15-7-11(13-8-15)18(16,17)14-6-9-4-2-3-5-10(9)12/h2-5,7-8,14H,6H2,1H3. The van der Waals surface area contributed by atoms with Gasteiger partial charge in [-0.2, -0.15) is 0 Å². The summed E-state index contributed by atoms with van der Waals surface area (Å²) in [6, 6.07) is 7.45. The Hall–Kier alpha value is -1.18. The molecule has 7 heteroatoms. The van der Waals surface area contributed by atoms with Crippen LogP contribution < -0.4 is 4.72 Å². The molecule has 0 saturated heterocycles. The Morgan fingerprint density at radius 3 is 2.72 bits per heavy atom. The smallest absolute Gasteiger partial charge is 0.259 e. The van der Waals surface area contributed by atoms with Crippen molar-refractivity contribution in [3.05, 3.63) is 46.8 Å². The minimum absolute atomic E-state index is 0.0250. The number of halogens is 1. The van der Waals surface area contributed by atoms with Crippen LogP contribution in [0.4, 0.5) is 0 Å². The molecule has 5 nitrogen and oxygen atoms in total. The van der Waals surface area contributed by atoms with Crippen LogP contribution in [0.15, 0.2) is 46.3 Å². The summed E-state index contributed by atoms with van der Waals surface area (Å²) in [5.41, 5.74) is 0.872. The van der Waals surface area contributed by atoms with Gasteiger partial charge in [-0.05, 0) is 11.6 Å². The van der Waals surface area contributed by atoms with Crippen molar-refractivity contribution in [2.24, 2.45) is 7.05 Å². The second-order valence-electron chi connectivity index (χ2n) is 3.79. The zero-order chi connectivity index (χ0) is 13.2. The summed E-state index contributed by atoms with van der Waals surface area (Å²) in [4.78, 5) is 3.82. The van der Waals surface area contributed by atoms with E-state index in [2.05, 4.69) is 25.6 Å². The lowest BCUT2D eigenvalue weighted by molar-refractivity contribution is 0.578. The zero-order valence-electron chi connectivity index (χ0n) is 9.67. The second-order valence-corrected chi connectivity index (χ2v) is 6.36. The summed E-state index contributed by atoms with van der Waals surface area (Å²) >= 11 is 3.37. The van der Waals surface area contributed by atoms with Crippen molar-refractivity contribution >= 4 is 26.0 Å². The van der Waals surface area contributed by atoms with Crippen molar-refractivity contribution in [2.45, 2.75) is 11.6 Å². The van der Waals surface area contributed by atoms with E-state index in [1.54, 1.807) is 11.6 Å². The molecule has 0 aliphatic rings. The summed E-state index contributed by atoms with van der Waals surface area (Å²) in [5.74, 6) is 0. The number of imidazole rings is 1. The molecule has 1 N–H and O–H groups in total. The molecule has 0 fully saturated rings. The first-order valence-electron chi connectivity index (χ1n) is 5.20. The Bertz CT molecular complexity index is 652. The van der Waals surface area contributed by atoms with Gasteiger partial charge in [-0.25, -0.2) is 18.1 Å². The number of hydrogen-bond acceptors (Lipinski definition) is 3. The molecule has 0 saturated carbocycles. The molecule has 18 heavy (non-hydrogen) atoms. The number of hydrogen-bond donors (Lipinski definition) is 1. The lowest BCUT2D eigenvalue weighted by Crippen LogP contribution is -2.23. The van der Waals surface area contributed by atoms with Crippen LogP contribution in [-0.2, 0) is 23.6 Å². The molecule has 1 heterocycles. The van der Waals surface area contributed by atoms with Gasteiger partial charge in [0.05, 0.1) is 6.33 Å². The van der Waals surface area contributed by atoms with Gasteiger partial charge in [0.15, 0.2) is 5.03 Å². The topological polar surface area (TPSA) is 64.0 Å². The van der Waals surface area contributed by atoms with E-state index in [9.17, 15) is 8.42 Å². The fourth-order valence-electron chi connectivity index (χ4n) is 1.42. The predicted octanol–water partition coefficient (Wildman–Crippen LogP) is 1.66. The highest BCUT2D eigenvalue weighted by Crippen LogP contribution is 2.16. The number of aryl methyl sites for hydroxylation is 1. The fourth-order valence-corrected chi connectivity index (χ4v) is 2.83. The van der Waals surface area contributed by atoms with Gasteiger partial charge in [0.25, 0.3) is 10.0 Å². The summed E-state index contributed by atoms with van der Waals surface area (Å²) in [5, 5.41) is 0.0250. The molecule has 0 bridgehead atoms. The molecule has 0 spiro atoms. The van der Waals surface area contributed by atoms with Crippen LogP contribution in [0.2, 0.25) is 0 Å². The number of benzene rings is 1. The summed E-state index contributed by atoms with van der Waals surface area (Å²) in [7, 11) is -1.84. The average molecular weight is 330 g/mol. The molecular weight excluding hydrogens is 318 g/mol. The van der Waals surface area contributed by atoms with Crippen molar-refractivity contribution in [1.82, 2.24) is 14.3 Å². The van der Waals surface area contributed by atoms with Gasteiger partial charge in [0.1, 0.15) is 0 Å². The van der Waals surface area contributed by atoms with E-state index < -0.39 is 10.0 Å². The van der Waals surface area contributed by atoms with Gasteiger partial charge in [0, 0.05) is 24.3 Å². The Labute approximate surface area is 114 Å². The molecule has 0 unspecified atom stereocenters. The largest absolute Gasteiger partial charge is 0.339 e. The van der Waals surface area contributed by atoms with Crippen molar-refractivity contribution in [1.29, 1.82) is 0 Å².